The molecular formula is C12H28NO3PSSi. The van der Waals surface area contributed by atoms with Gasteiger partial charge in [0, 0.05) is 39.5 Å². The maximum Gasteiger partial charge on any atom is 0.357 e. The second-order valence-corrected chi connectivity index (χ2v) is 11.0. The summed E-state index contributed by atoms with van der Waals surface area (Å²) in [5.41, 5.74) is 0. The molecule has 0 aliphatic heterocycles. The lowest BCUT2D eigenvalue weighted by atomic mass is 10.4. The van der Waals surface area contributed by atoms with E-state index in [0.29, 0.717) is 19.6 Å². The second-order valence-electron chi connectivity index (χ2n) is 4.43. The first-order valence-corrected chi connectivity index (χ1v) is 11.8. The highest BCUT2D eigenvalue weighted by Gasteiger charge is 2.30. The number of hydrogen-bond donors (Lipinski definition) is 0. The zero-order chi connectivity index (χ0) is 14.7. The van der Waals surface area contributed by atoms with Crippen LogP contribution >= 0.6 is 20.5 Å². The van der Waals surface area contributed by atoms with E-state index in [2.05, 4.69) is 8.79 Å². The number of hydrogen-bond acceptors (Lipinski definition) is 4. The number of rotatable bonds is 11. The van der Waals surface area contributed by atoms with E-state index in [1.807, 2.05) is 25.6 Å². The summed E-state index contributed by atoms with van der Waals surface area (Å²) in [5, 5.41) is 0. The third-order valence-electron chi connectivity index (χ3n) is 2.55. The van der Waals surface area contributed by atoms with Gasteiger partial charge in [-0.2, -0.15) is 11.8 Å². The van der Waals surface area contributed by atoms with E-state index in [1.165, 1.54) is 0 Å². The maximum atomic E-state index is 11.4. The Hall–Kier alpha value is 0.387. The number of thioether (sulfide) groups is 1. The quantitative estimate of drug-likeness (QED) is 0.332. The Morgan fingerprint density at radius 2 is 1.79 bits per heavy atom. The van der Waals surface area contributed by atoms with Crippen molar-refractivity contribution >= 4 is 34.7 Å². The lowest BCUT2D eigenvalue weighted by Gasteiger charge is -2.25. The van der Waals surface area contributed by atoms with E-state index < -0.39 is 8.23 Å². The van der Waals surface area contributed by atoms with Crippen LogP contribution < -0.4 is 0 Å². The largest absolute Gasteiger partial charge is 0.392 e. The van der Waals surface area contributed by atoms with Gasteiger partial charge in [-0.1, -0.05) is 8.79 Å². The number of amides is 1. The summed E-state index contributed by atoms with van der Waals surface area (Å²) in [7, 11) is 4.38. The zero-order valence-corrected chi connectivity index (χ0v) is 15.6. The molecule has 0 bridgehead atoms. The fourth-order valence-electron chi connectivity index (χ4n) is 1.58. The third-order valence-corrected chi connectivity index (χ3v) is 8.09. The van der Waals surface area contributed by atoms with Crippen LogP contribution in [0.25, 0.3) is 0 Å². The van der Waals surface area contributed by atoms with Crippen LogP contribution in [0.2, 0.25) is 6.04 Å². The molecule has 1 unspecified atom stereocenters. The molecule has 19 heavy (non-hydrogen) atoms. The number of carbonyl (C=O) groups excluding carboxylic acids is 1. The van der Waals surface area contributed by atoms with Crippen LogP contribution in [0.5, 0.6) is 0 Å². The van der Waals surface area contributed by atoms with Gasteiger partial charge in [-0.05, 0) is 32.1 Å². The normalized spacial score (nSPS) is 11.6. The molecule has 0 spiro atoms. The van der Waals surface area contributed by atoms with Crippen LogP contribution in [0, 0.1) is 0 Å². The molecule has 0 saturated heterocycles. The van der Waals surface area contributed by atoms with E-state index in [0.717, 1.165) is 24.0 Å². The van der Waals surface area contributed by atoms with Crippen molar-refractivity contribution in [1.29, 1.82) is 0 Å². The summed E-state index contributed by atoms with van der Waals surface area (Å²) in [6, 6.07) is 0.994. The van der Waals surface area contributed by atoms with Crippen molar-refractivity contribution in [2.45, 2.75) is 32.7 Å². The van der Waals surface area contributed by atoms with Gasteiger partial charge in [0.2, 0.25) is 5.91 Å². The summed E-state index contributed by atoms with van der Waals surface area (Å²) >= 11 is 1.83. The van der Waals surface area contributed by atoms with Crippen LogP contribution in [0.1, 0.15) is 26.7 Å². The fourth-order valence-corrected chi connectivity index (χ4v) is 6.34. The van der Waals surface area contributed by atoms with E-state index in [9.17, 15) is 4.79 Å². The monoisotopic (exact) mass is 325 g/mol. The van der Waals surface area contributed by atoms with Gasteiger partial charge in [0.25, 0.3) is 0 Å². The molecule has 0 aliphatic rings. The Labute approximate surface area is 125 Å². The first-order valence-electron chi connectivity index (χ1n) is 6.80. The van der Waals surface area contributed by atoms with Crippen LogP contribution in [-0.4, -0.2) is 57.9 Å². The Balaban J connectivity index is 3.68. The molecule has 7 heteroatoms. The molecule has 0 aromatic carbocycles. The fraction of sp³-hybridized carbons (Fsp3) is 0.917. The zero-order valence-electron chi connectivity index (χ0n) is 12.6. The first-order chi connectivity index (χ1) is 8.95. The van der Waals surface area contributed by atoms with E-state index in [4.69, 9.17) is 8.85 Å². The van der Waals surface area contributed by atoms with Crippen LogP contribution in [-0.2, 0) is 13.6 Å². The Kier molecular flexibility index (Phi) is 11.3. The van der Waals surface area contributed by atoms with Gasteiger partial charge in [-0.15, -0.1) is 0 Å². The molecule has 114 valence electrons. The molecule has 0 fully saturated rings. The van der Waals surface area contributed by atoms with Crippen molar-refractivity contribution in [2.24, 2.45) is 0 Å². The Morgan fingerprint density at radius 3 is 2.26 bits per heavy atom. The topological polar surface area (TPSA) is 38.8 Å². The molecule has 0 aromatic heterocycles. The summed E-state index contributed by atoms with van der Waals surface area (Å²) in [4.78, 5) is 13.0. The molecule has 0 aliphatic carbocycles. The average Bonchev–Trinajstić information content (AvgIpc) is 2.33. The molecule has 0 heterocycles. The molecule has 0 rings (SSSR count). The van der Waals surface area contributed by atoms with E-state index in [1.54, 1.807) is 19.0 Å². The van der Waals surface area contributed by atoms with Gasteiger partial charge < -0.3 is 13.8 Å². The maximum absolute atomic E-state index is 11.4. The average molecular weight is 325 g/mol. The Morgan fingerprint density at radius 1 is 1.21 bits per heavy atom. The SMILES string of the molecule is CCO[Si](P)(CCCSCCC(=O)N(C)C)OCC. The minimum Gasteiger partial charge on any atom is -0.392 e. The predicted octanol–water partition coefficient (Wildman–Crippen LogP) is 2.48. The lowest BCUT2D eigenvalue weighted by molar-refractivity contribution is -0.128. The molecule has 0 radical (unpaired) electrons. The van der Waals surface area contributed by atoms with Gasteiger partial charge in [-0.25, -0.2) is 0 Å². The lowest BCUT2D eigenvalue weighted by Crippen LogP contribution is -2.35. The van der Waals surface area contributed by atoms with Gasteiger partial charge in [-0.3, -0.25) is 4.79 Å². The minimum atomic E-state index is -2.02. The van der Waals surface area contributed by atoms with Gasteiger partial charge >= 0.3 is 8.23 Å². The van der Waals surface area contributed by atoms with Crippen LogP contribution in [0.4, 0.5) is 0 Å². The molecule has 0 aromatic rings. The molecule has 0 N–H and O–H groups in total. The van der Waals surface area contributed by atoms with Crippen molar-refractivity contribution in [1.82, 2.24) is 4.90 Å². The summed E-state index contributed by atoms with van der Waals surface area (Å²) in [6.07, 6.45) is 1.70. The highest BCUT2D eigenvalue weighted by atomic mass is 32.2. The van der Waals surface area contributed by atoms with Crippen LogP contribution in [0.3, 0.4) is 0 Å². The number of carbonyl (C=O) groups is 1. The van der Waals surface area contributed by atoms with E-state index >= 15 is 0 Å². The first kappa shape index (κ1) is 19.4. The van der Waals surface area contributed by atoms with Gasteiger partial charge in [0.05, 0.1) is 0 Å². The molecule has 0 saturated carbocycles. The molecule has 1 amide bonds. The van der Waals surface area contributed by atoms with Crippen molar-refractivity contribution in [3.8, 4) is 0 Å². The highest BCUT2D eigenvalue weighted by molar-refractivity contribution is 7.99. The third kappa shape index (κ3) is 9.85. The van der Waals surface area contributed by atoms with Crippen molar-refractivity contribution in [2.75, 3.05) is 38.8 Å². The van der Waals surface area contributed by atoms with Gasteiger partial charge in [0.15, 0.2) is 0 Å². The smallest absolute Gasteiger partial charge is 0.357 e. The van der Waals surface area contributed by atoms with Crippen LogP contribution in [0.15, 0.2) is 0 Å². The van der Waals surface area contributed by atoms with E-state index in [-0.39, 0.29) is 5.91 Å². The molecular weight excluding hydrogens is 297 g/mol. The van der Waals surface area contributed by atoms with Crippen molar-refractivity contribution in [3.05, 3.63) is 0 Å². The van der Waals surface area contributed by atoms with Crippen molar-refractivity contribution in [3.63, 3.8) is 0 Å². The molecule has 1 atom stereocenters. The predicted molar refractivity (Wildman–Crippen MR) is 88.8 cm³/mol. The van der Waals surface area contributed by atoms with Gasteiger partial charge in [0.1, 0.15) is 0 Å². The highest BCUT2D eigenvalue weighted by Crippen LogP contribution is 2.24. The van der Waals surface area contributed by atoms with Crippen molar-refractivity contribution < 1.29 is 13.6 Å². The standard InChI is InChI=1S/C12H28NO3PSSi/c1-5-15-19(17,16-6-2)11-7-9-18-10-8-12(14)13(3)4/h5-11,17H2,1-4H3. The molecule has 4 nitrogen and oxygen atoms in total. The summed E-state index contributed by atoms with van der Waals surface area (Å²) in [5.74, 6) is 2.15. The number of nitrogens with zero attached hydrogens (tertiary/aromatic N) is 1. The summed E-state index contributed by atoms with van der Waals surface area (Å²) in [6.45, 7) is 5.43. The minimum absolute atomic E-state index is 0.200. The second kappa shape index (κ2) is 11.1. The summed E-state index contributed by atoms with van der Waals surface area (Å²) < 4.78 is 11.5. The Bertz CT molecular complexity index is 251.